The topological polar surface area (TPSA) is 120 Å². The van der Waals surface area contributed by atoms with E-state index < -0.39 is 10.8 Å². The molecule has 0 aliphatic heterocycles. The Morgan fingerprint density at radius 3 is 2.94 bits per heavy atom. The number of carbonyl (C=O) groups excluding carboxylic acids is 1. The normalized spacial score (nSPS) is 10.1. The molecule has 0 fully saturated rings. The molecule has 0 aliphatic carbocycles. The molecule has 8 heteroatoms. The number of nitrogens with two attached hydrogens (primary N) is 1. The molecule has 0 saturated carbocycles. The lowest BCUT2D eigenvalue weighted by molar-refractivity contribution is -0.385. The van der Waals surface area contributed by atoms with Crippen molar-refractivity contribution >= 4 is 17.4 Å². The van der Waals surface area contributed by atoms with Gasteiger partial charge in [-0.05, 0) is 12.5 Å². The van der Waals surface area contributed by atoms with E-state index in [9.17, 15) is 14.9 Å². The van der Waals surface area contributed by atoms with Crippen LogP contribution in [0.4, 0.5) is 11.5 Å². The van der Waals surface area contributed by atoms with E-state index in [0.717, 1.165) is 0 Å². The summed E-state index contributed by atoms with van der Waals surface area (Å²) in [6, 6.07) is 1.43. The molecular weight excluding hydrogens is 240 g/mol. The Balaban J connectivity index is 2.43. The van der Waals surface area contributed by atoms with Crippen molar-refractivity contribution in [2.24, 2.45) is 5.73 Å². The van der Waals surface area contributed by atoms with E-state index in [-0.39, 0.29) is 12.3 Å². The number of nitrogens with zero attached hydrogens (tertiary/aromatic N) is 2. The predicted octanol–water partition coefficient (Wildman–Crippen LogP) is 0.212. The number of primary amides is 1. The van der Waals surface area contributed by atoms with E-state index in [0.29, 0.717) is 24.5 Å². The number of amides is 1. The van der Waals surface area contributed by atoms with Crippen LogP contribution in [0.3, 0.4) is 0 Å². The van der Waals surface area contributed by atoms with Gasteiger partial charge in [-0.1, -0.05) is 0 Å². The maximum atomic E-state index is 10.5. The first-order valence-corrected chi connectivity index (χ1v) is 5.21. The maximum Gasteiger partial charge on any atom is 0.287 e. The highest BCUT2D eigenvalue weighted by molar-refractivity contribution is 5.74. The van der Waals surface area contributed by atoms with Crippen LogP contribution in [0.2, 0.25) is 0 Å². The van der Waals surface area contributed by atoms with Crippen molar-refractivity contribution in [1.82, 2.24) is 4.98 Å². The number of hydrogen-bond donors (Lipinski definition) is 2. The van der Waals surface area contributed by atoms with Crippen LogP contribution in [-0.2, 0) is 9.53 Å². The minimum atomic E-state index is -0.528. The number of nitro groups is 1. The van der Waals surface area contributed by atoms with Crippen LogP contribution in [0.5, 0.6) is 0 Å². The lowest BCUT2D eigenvalue weighted by Crippen LogP contribution is -2.20. The summed E-state index contributed by atoms with van der Waals surface area (Å²) < 4.78 is 4.95. The zero-order valence-corrected chi connectivity index (χ0v) is 9.88. The minimum absolute atomic E-state index is 0.0528. The summed E-state index contributed by atoms with van der Waals surface area (Å²) in [4.78, 5) is 24.3. The standard InChI is InChI=1S/C10H14N4O4/c1-7-4-8(14(16)17)5-13-10(7)12-2-3-18-6-9(11)15/h4-5H,2-3,6H2,1H3,(H2,11,15)(H,12,13). The summed E-state index contributed by atoms with van der Waals surface area (Å²) in [7, 11) is 0. The van der Waals surface area contributed by atoms with Gasteiger partial charge in [-0.3, -0.25) is 14.9 Å². The number of carbonyl (C=O) groups is 1. The molecule has 0 unspecified atom stereocenters. The highest BCUT2D eigenvalue weighted by Gasteiger charge is 2.08. The lowest BCUT2D eigenvalue weighted by atomic mass is 10.2. The number of hydrogen-bond acceptors (Lipinski definition) is 6. The molecule has 0 radical (unpaired) electrons. The Bertz CT molecular complexity index is 450. The van der Waals surface area contributed by atoms with E-state index in [1.807, 2.05) is 0 Å². The van der Waals surface area contributed by atoms with Crippen molar-refractivity contribution in [3.05, 3.63) is 27.9 Å². The Hall–Kier alpha value is -2.22. The molecule has 0 spiro atoms. The zero-order chi connectivity index (χ0) is 13.5. The lowest BCUT2D eigenvalue weighted by Gasteiger charge is -2.07. The van der Waals surface area contributed by atoms with E-state index in [2.05, 4.69) is 10.3 Å². The highest BCUT2D eigenvalue weighted by Crippen LogP contribution is 2.17. The van der Waals surface area contributed by atoms with Crippen molar-refractivity contribution in [2.45, 2.75) is 6.92 Å². The van der Waals surface area contributed by atoms with Gasteiger partial charge in [0, 0.05) is 12.6 Å². The van der Waals surface area contributed by atoms with Gasteiger partial charge < -0.3 is 15.8 Å². The van der Waals surface area contributed by atoms with Crippen LogP contribution in [0, 0.1) is 17.0 Å². The van der Waals surface area contributed by atoms with Gasteiger partial charge in [0.2, 0.25) is 5.91 Å². The van der Waals surface area contributed by atoms with Crippen LogP contribution in [0.15, 0.2) is 12.3 Å². The van der Waals surface area contributed by atoms with Crippen LogP contribution < -0.4 is 11.1 Å². The second-order valence-corrected chi connectivity index (χ2v) is 3.56. The quantitative estimate of drug-likeness (QED) is 0.407. The molecule has 1 aromatic rings. The number of rotatable bonds is 7. The molecule has 8 nitrogen and oxygen atoms in total. The number of ether oxygens (including phenoxy) is 1. The van der Waals surface area contributed by atoms with Crippen LogP contribution in [-0.4, -0.2) is 35.6 Å². The molecule has 0 saturated heterocycles. The van der Waals surface area contributed by atoms with Gasteiger partial charge in [-0.2, -0.15) is 0 Å². The van der Waals surface area contributed by atoms with Gasteiger partial charge in [0.05, 0.1) is 11.5 Å². The Morgan fingerprint density at radius 1 is 1.67 bits per heavy atom. The monoisotopic (exact) mass is 254 g/mol. The smallest absolute Gasteiger partial charge is 0.287 e. The highest BCUT2D eigenvalue weighted by atomic mass is 16.6. The Labute approximate surface area is 103 Å². The average molecular weight is 254 g/mol. The fourth-order valence-electron chi connectivity index (χ4n) is 1.26. The number of aromatic nitrogens is 1. The first kappa shape index (κ1) is 13.8. The second kappa shape index (κ2) is 6.50. The van der Waals surface area contributed by atoms with Gasteiger partial charge in [-0.25, -0.2) is 4.98 Å². The molecule has 0 atom stereocenters. The predicted molar refractivity (Wildman–Crippen MR) is 64.1 cm³/mol. The van der Waals surface area contributed by atoms with Crippen molar-refractivity contribution in [1.29, 1.82) is 0 Å². The van der Waals surface area contributed by atoms with E-state index in [1.54, 1.807) is 6.92 Å². The average Bonchev–Trinajstić information content (AvgIpc) is 2.29. The summed E-state index contributed by atoms with van der Waals surface area (Å²) in [6.07, 6.45) is 1.18. The Morgan fingerprint density at radius 2 is 2.39 bits per heavy atom. The van der Waals surface area contributed by atoms with Crippen molar-refractivity contribution in [3.63, 3.8) is 0 Å². The van der Waals surface area contributed by atoms with Crippen molar-refractivity contribution in [3.8, 4) is 0 Å². The summed E-state index contributed by atoms with van der Waals surface area (Å²) >= 11 is 0. The number of nitrogens with one attached hydrogen (secondary N) is 1. The first-order chi connectivity index (χ1) is 8.50. The molecule has 3 N–H and O–H groups in total. The molecule has 1 amide bonds. The van der Waals surface area contributed by atoms with E-state index in [1.165, 1.54) is 12.3 Å². The van der Waals surface area contributed by atoms with Gasteiger partial charge in [-0.15, -0.1) is 0 Å². The fourth-order valence-corrected chi connectivity index (χ4v) is 1.26. The maximum absolute atomic E-state index is 10.5. The minimum Gasteiger partial charge on any atom is -0.370 e. The molecule has 0 aliphatic rings. The van der Waals surface area contributed by atoms with E-state index >= 15 is 0 Å². The third kappa shape index (κ3) is 4.34. The molecule has 1 rings (SSSR count). The van der Waals surface area contributed by atoms with Gasteiger partial charge >= 0.3 is 0 Å². The number of pyridine rings is 1. The summed E-state index contributed by atoms with van der Waals surface area (Å²) in [6.45, 7) is 2.31. The summed E-state index contributed by atoms with van der Waals surface area (Å²) in [5.74, 6) is 0.0166. The Kier molecular flexibility index (Phi) is 5.00. The van der Waals surface area contributed by atoms with Crippen LogP contribution in [0.25, 0.3) is 0 Å². The first-order valence-electron chi connectivity index (χ1n) is 5.21. The molecule has 0 bridgehead atoms. The van der Waals surface area contributed by atoms with Gasteiger partial charge in [0.1, 0.15) is 18.6 Å². The molecule has 18 heavy (non-hydrogen) atoms. The fraction of sp³-hybridized carbons (Fsp3) is 0.400. The number of anilines is 1. The number of aryl methyl sites for hydroxylation is 1. The van der Waals surface area contributed by atoms with Gasteiger partial charge in [0.25, 0.3) is 5.69 Å². The molecule has 0 aromatic carbocycles. The molecule has 1 aromatic heterocycles. The second-order valence-electron chi connectivity index (χ2n) is 3.56. The van der Waals surface area contributed by atoms with Gasteiger partial charge in [0.15, 0.2) is 0 Å². The SMILES string of the molecule is Cc1cc([N+](=O)[O-])cnc1NCCOCC(N)=O. The molecule has 98 valence electrons. The van der Waals surface area contributed by atoms with Crippen molar-refractivity contribution in [2.75, 3.05) is 25.1 Å². The third-order valence-electron chi connectivity index (χ3n) is 2.06. The van der Waals surface area contributed by atoms with Crippen molar-refractivity contribution < 1.29 is 14.5 Å². The zero-order valence-electron chi connectivity index (χ0n) is 9.88. The summed E-state index contributed by atoms with van der Waals surface area (Å²) in [5.41, 5.74) is 5.51. The van der Waals surface area contributed by atoms with Crippen LogP contribution >= 0.6 is 0 Å². The summed E-state index contributed by atoms with van der Waals surface area (Å²) in [5, 5.41) is 13.5. The van der Waals surface area contributed by atoms with Crippen LogP contribution in [0.1, 0.15) is 5.56 Å². The third-order valence-corrected chi connectivity index (χ3v) is 2.06. The van der Waals surface area contributed by atoms with E-state index in [4.69, 9.17) is 10.5 Å². The molecular formula is C10H14N4O4. The molecule has 1 heterocycles. The largest absolute Gasteiger partial charge is 0.370 e.